The second-order valence-electron chi connectivity index (χ2n) is 3.16. The molecule has 0 radical (unpaired) electrons. The third-order valence-electron chi connectivity index (χ3n) is 2.12. The van der Waals surface area contributed by atoms with Crippen LogP contribution in [0.25, 0.3) is 5.52 Å². The van der Waals surface area contributed by atoms with Crippen LogP contribution in [0.4, 0.5) is 0 Å². The molecule has 2 rings (SSSR count). The monoisotopic (exact) mass is 194 g/mol. The Morgan fingerprint density at radius 3 is 2.77 bits per heavy atom. The second kappa shape index (κ2) is 3.05. The highest BCUT2D eigenvalue weighted by atomic mass is 35.5. The van der Waals surface area contributed by atoms with E-state index in [2.05, 4.69) is 0 Å². The zero-order chi connectivity index (χ0) is 9.42. The maximum Gasteiger partial charge on any atom is 0.113 e. The lowest BCUT2D eigenvalue weighted by atomic mass is 10.2. The van der Waals surface area contributed by atoms with Crippen LogP contribution in [-0.2, 0) is 0 Å². The van der Waals surface area contributed by atoms with Gasteiger partial charge in [0.1, 0.15) is 5.15 Å². The third kappa shape index (κ3) is 1.32. The van der Waals surface area contributed by atoms with Gasteiger partial charge in [-0.2, -0.15) is 0 Å². The van der Waals surface area contributed by atoms with Gasteiger partial charge in [-0.05, 0) is 31.2 Å². The number of hydrogen-bond donors (Lipinski definition) is 1. The van der Waals surface area contributed by atoms with Crippen molar-refractivity contribution in [2.75, 3.05) is 0 Å². The van der Waals surface area contributed by atoms with Crippen LogP contribution < -0.4 is 5.73 Å². The zero-order valence-electron chi connectivity index (χ0n) is 7.37. The molecule has 0 aliphatic rings. The van der Waals surface area contributed by atoms with Gasteiger partial charge in [0.25, 0.3) is 0 Å². The molecule has 0 saturated carbocycles. The Labute approximate surface area is 81.9 Å². The first-order chi connectivity index (χ1) is 6.20. The standard InChI is InChI=1S/C10H11ClN2/c1-7(12)9-4-2-3-8-5-6-10(11)13(8)9/h2-7H,12H2,1H3. The molecule has 1 unspecified atom stereocenters. The summed E-state index contributed by atoms with van der Waals surface area (Å²) in [4.78, 5) is 0. The lowest BCUT2D eigenvalue weighted by molar-refractivity contribution is 0.765. The molecule has 0 aliphatic heterocycles. The van der Waals surface area contributed by atoms with Crippen molar-refractivity contribution in [3.05, 3.63) is 41.2 Å². The molecule has 0 aromatic carbocycles. The van der Waals surface area contributed by atoms with Crippen LogP contribution in [0.15, 0.2) is 30.3 Å². The van der Waals surface area contributed by atoms with E-state index in [1.54, 1.807) is 0 Å². The van der Waals surface area contributed by atoms with Crippen molar-refractivity contribution in [1.29, 1.82) is 0 Å². The topological polar surface area (TPSA) is 30.4 Å². The average molecular weight is 195 g/mol. The summed E-state index contributed by atoms with van der Waals surface area (Å²) in [6, 6.07) is 9.84. The molecule has 3 heteroatoms. The molecule has 2 heterocycles. The van der Waals surface area contributed by atoms with Gasteiger partial charge < -0.3 is 10.1 Å². The highest BCUT2D eigenvalue weighted by molar-refractivity contribution is 6.30. The number of nitrogens with two attached hydrogens (primary N) is 1. The smallest absolute Gasteiger partial charge is 0.113 e. The number of nitrogens with zero attached hydrogens (tertiary/aromatic N) is 1. The van der Waals surface area contributed by atoms with E-state index in [0.29, 0.717) is 5.15 Å². The molecule has 1 atom stereocenters. The summed E-state index contributed by atoms with van der Waals surface area (Å²) < 4.78 is 1.96. The number of fused-ring (bicyclic) bond motifs is 1. The average Bonchev–Trinajstić information content (AvgIpc) is 2.48. The van der Waals surface area contributed by atoms with E-state index in [-0.39, 0.29) is 6.04 Å². The summed E-state index contributed by atoms with van der Waals surface area (Å²) >= 11 is 6.03. The molecule has 68 valence electrons. The van der Waals surface area contributed by atoms with E-state index in [4.69, 9.17) is 17.3 Å². The molecule has 0 fully saturated rings. The molecule has 2 N–H and O–H groups in total. The predicted molar refractivity (Wildman–Crippen MR) is 55.0 cm³/mol. The fourth-order valence-electron chi connectivity index (χ4n) is 1.50. The Kier molecular flexibility index (Phi) is 2.02. The number of pyridine rings is 1. The first kappa shape index (κ1) is 8.60. The van der Waals surface area contributed by atoms with E-state index in [1.165, 1.54) is 0 Å². The molecule has 0 aliphatic carbocycles. The van der Waals surface area contributed by atoms with Gasteiger partial charge in [0, 0.05) is 17.3 Å². The van der Waals surface area contributed by atoms with E-state index < -0.39 is 0 Å². The third-order valence-corrected chi connectivity index (χ3v) is 2.42. The molecule has 2 aromatic heterocycles. The lowest BCUT2D eigenvalue weighted by Crippen LogP contribution is -2.09. The number of hydrogen-bond acceptors (Lipinski definition) is 1. The summed E-state index contributed by atoms with van der Waals surface area (Å²) in [6.07, 6.45) is 0. The SMILES string of the molecule is CC(N)c1cccc2ccc(Cl)n12. The molecular weight excluding hydrogens is 184 g/mol. The van der Waals surface area contributed by atoms with Crippen molar-refractivity contribution >= 4 is 17.1 Å². The van der Waals surface area contributed by atoms with Crippen molar-refractivity contribution in [3.8, 4) is 0 Å². The van der Waals surface area contributed by atoms with Gasteiger partial charge in [-0.25, -0.2) is 0 Å². The summed E-state index contributed by atoms with van der Waals surface area (Å²) in [5.74, 6) is 0. The van der Waals surface area contributed by atoms with Crippen molar-refractivity contribution in [1.82, 2.24) is 4.40 Å². The summed E-state index contributed by atoms with van der Waals surface area (Å²) in [5, 5.41) is 0.711. The molecule has 0 amide bonds. The maximum absolute atomic E-state index is 6.03. The number of halogens is 1. The van der Waals surface area contributed by atoms with Crippen LogP contribution in [0.1, 0.15) is 18.7 Å². The van der Waals surface area contributed by atoms with Crippen LogP contribution >= 0.6 is 11.6 Å². The quantitative estimate of drug-likeness (QED) is 0.743. The largest absolute Gasteiger partial charge is 0.323 e. The van der Waals surface area contributed by atoms with E-state index in [9.17, 15) is 0 Å². The minimum Gasteiger partial charge on any atom is -0.323 e. The molecule has 2 aromatic rings. The normalized spacial score (nSPS) is 13.5. The van der Waals surface area contributed by atoms with Crippen LogP contribution in [0.3, 0.4) is 0 Å². The minimum atomic E-state index is -0.00593. The first-order valence-electron chi connectivity index (χ1n) is 4.21. The second-order valence-corrected chi connectivity index (χ2v) is 3.54. The van der Waals surface area contributed by atoms with Crippen molar-refractivity contribution in [2.24, 2.45) is 5.73 Å². The Hall–Kier alpha value is -0.990. The van der Waals surface area contributed by atoms with Crippen molar-refractivity contribution in [3.63, 3.8) is 0 Å². The Morgan fingerprint density at radius 2 is 2.08 bits per heavy atom. The van der Waals surface area contributed by atoms with E-state index in [0.717, 1.165) is 11.2 Å². The van der Waals surface area contributed by atoms with E-state index >= 15 is 0 Å². The maximum atomic E-state index is 6.03. The fraction of sp³-hybridized carbons (Fsp3) is 0.200. The first-order valence-corrected chi connectivity index (χ1v) is 4.59. The van der Waals surface area contributed by atoms with Crippen molar-refractivity contribution < 1.29 is 0 Å². The van der Waals surface area contributed by atoms with Gasteiger partial charge in [0.2, 0.25) is 0 Å². The fourth-order valence-corrected chi connectivity index (χ4v) is 1.76. The summed E-state index contributed by atoms with van der Waals surface area (Å²) in [7, 11) is 0. The Bertz CT molecular complexity index is 431. The van der Waals surface area contributed by atoms with Crippen LogP contribution in [0, 0.1) is 0 Å². The molecular formula is C10H11ClN2. The van der Waals surface area contributed by atoms with Gasteiger partial charge in [-0.3, -0.25) is 0 Å². The Morgan fingerprint density at radius 1 is 1.31 bits per heavy atom. The van der Waals surface area contributed by atoms with Gasteiger partial charge in [-0.1, -0.05) is 17.7 Å². The molecule has 0 spiro atoms. The van der Waals surface area contributed by atoms with Gasteiger partial charge in [0.15, 0.2) is 0 Å². The molecule has 0 bridgehead atoms. The zero-order valence-corrected chi connectivity index (χ0v) is 8.12. The number of rotatable bonds is 1. The predicted octanol–water partition coefficient (Wildman–Crippen LogP) is 2.61. The minimum absolute atomic E-state index is 0.00593. The molecule has 13 heavy (non-hydrogen) atoms. The lowest BCUT2D eigenvalue weighted by Gasteiger charge is -2.09. The summed E-state index contributed by atoms with van der Waals surface area (Å²) in [5.41, 5.74) is 7.95. The Balaban J connectivity index is 2.80. The summed E-state index contributed by atoms with van der Waals surface area (Å²) in [6.45, 7) is 1.95. The van der Waals surface area contributed by atoms with Gasteiger partial charge in [0.05, 0.1) is 0 Å². The van der Waals surface area contributed by atoms with Crippen molar-refractivity contribution in [2.45, 2.75) is 13.0 Å². The van der Waals surface area contributed by atoms with Crippen LogP contribution in [0.2, 0.25) is 5.15 Å². The highest BCUT2D eigenvalue weighted by Crippen LogP contribution is 2.20. The van der Waals surface area contributed by atoms with Gasteiger partial charge in [-0.15, -0.1) is 0 Å². The molecule has 0 saturated heterocycles. The van der Waals surface area contributed by atoms with E-state index in [1.807, 2.05) is 41.7 Å². The van der Waals surface area contributed by atoms with Crippen LogP contribution in [0.5, 0.6) is 0 Å². The highest BCUT2D eigenvalue weighted by Gasteiger charge is 2.06. The van der Waals surface area contributed by atoms with Crippen LogP contribution in [-0.4, -0.2) is 4.40 Å². The van der Waals surface area contributed by atoms with Gasteiger partial charge >= 0.3 is 0 Å². The molecule has 2 nitrogen and oxygen atoms in total. The number of aromatic nitrogens is 1.